The topological polar surface area (TPSA) is 47.0 Å². The zero-order chi connectivity index (χ0) is 22.2. The van der Waals surface area contributed by atoms with Gasteiger partial charge in [0.05, 0.1) is 11.7 Å². The molecule has 1 spiro atoms. The molecule has 1 aliphatic carbocycles. The fourth-order valence-electron chi connectivity index (χ4n) is 4.99. The van der Waals surface area contributed by atoms with Crippen molar-refractivity contribution in [1.29, 1.82) is 0 Å². The Bertz CT molecular complexity index is 797. The van der Waals surface area contributed by atoms with Crippen LogP contribution in [0.4, 0.5) is 18.9 Å². The van der Waals surface area contributed by atoms with Crippen LogP contribution < -0.4 is 4.90 Å². The number of carbonyl (C=O) groups excluding carboxylic acids is 1. The molecule has 5 nitrogen and oxygen atoms in total. The van der Waals surface area contributed by atoms with E-state index in [4.69, 9.17) is 0 Å². The Hall–Kier alpha value is -1.80. The average molecular weight is 440 g/mol. The van der Waals surface area contributed by atoms with Gasteiger partial charge in [0, 0.05) is 50.9 Å². The maximum absolute atomic E-state index is 13.1. The van der Waals surface area contributed by atoms with Gasteiger partial charge in [0.15, 0.2) is 0 Å². The Morgan fingerprint density at radius 1 is 1.16 bits per heavy atom. The van der Waals surface area contributed by atoms with Crippen LogP contribution in [0.2, 0.25) is 0 Å². The molecule has 4 rings (SSSR count). The van der Waals surface area contributed by atoms with Crippen LogP contribution in [-0.2, 0) is 11.0 Å². The SMILES string of the molecule is CC(CCN1CCC2(CC2)C(O)C1)N1CCN(c2cccc(C(F)(F)F)c2)CCC1=O. The minimum absolute atomic E-state index is 0.0533. The van der Waals surface area contributed by atoms with E-state index in [2.05, 4.69) is 4.90 Å². The highest BCUT2D eigenvalue weighted by Crippen LogP contribution is 2.53. The van der Waals surface area contributed by atoms with Crippen molar-refractivity contribution in [2.24, 2.45) is 5.41 Å². The highest BCUT2D eigenvalue weighted by molar-refractivity contribution is 5.77. The number of hydrogen-bond donors (Lipinski definition) is 1. The summed E-state index contributed by atoms with van der Waals surface area (Å²) in [4.78, 5) is 18.8. The number of β-amino-alcohol motifs (C(OH)–C–C–N with tert-alkyl or cyclic N) is 1. The molecule has 1 N–H and O–H groups in total. The van der Waals surface area contributed by atoms with Crippen molar-refractivity contribution in [2.45, 2.75) is 57.3 Å². The molecular weight excluding hydrogens is 407 g/mol. The Kier molecular flexibility index (Phi) is 6.23. The summed E-state index contributed by atoms with van der Waals surface area (Å²) in [6, 6.07) is 5.39. The molecule has 2 unspecified atom stereocenters. The number of anilines is 1. The highest BCUT2D eigenvalue weighted by atomic mass is 19.4. The number of rotatable bonds is 5. The molecule has 1 saturated carbocycles. The van der Waals surface area contributed by atoms with Crippen molar-refractivity contribution >= 4 is 11.6 Å². The molecule has 2 aliphatic heterocycles. The Morgan fingerprint density at radius 2 is 1.94 bits per heavy atom. The highest BCUT2D eigenvalue weighted by Gasteiger charge is 2.51. The molecule has 0 radical (unpaired) electrons. The molecule has 1 aromatic carbocycles. The quantitative estimate of drug-likeness (QED) is 0.764. The van der Waals surface area contributed by atoms with E-state index < -0.39 is 11.7 Å². The molecule has 2 heterocycles. The average Bonchev–Trinajstić information content (AvgIpc) is 3.53. The number of amides is 1. The first-order valence-corrected chi connectivity index (χ1v) is 11.3. The third-order valence-corrected chi connectivity index (χ3v) is 7.42. The van der Waals surface area contributed by atoms with Gasteiger partial charge in [-0.05, 0) is 62.8 Å². The number of carbonyl (C=O) groups is 1. The molecule has 2 atom stereocenters. The number of likely N-dealkylation sites (tertiary alicyclic amines) is 1. The van der Waals surface area contributed by atoms with Gasteiger partial charge in [0.25, 0.3) is 0 Å². The van der Waals surface area contributed by atoms with E-state index in [1.54, 1.807) is 6.07 Å². The van der Waals surface area contributed by atoms with Crippen molar-refractivity contribution < 1.29 is 23.1 Å². The van der Waals surface area contributed by atoms with Crippen molar-refractivity contribution in [3.63, 3.8) is 0 Å². The molecule has 0 bridgehead atoms. The van der Waals surface area contributed by atoms with Crippen LogP contribution in [-0.4, -0.2) is 72.2 Å². The zero-order valence-electron chi connectivity index (χ0n) is 18.1. The summed E-state index contributed by atoms with van der Waals surface area (Å²) in [5, 5.41) is 10.4. The van der Waals surface area contributed by atoms with Gasteiger partial charge in [0.1, 0.15) is 0 Å². The van der Waals surface area contributed by atoms with Crippen molar-refractivity contribution in [1.82, 2.24) is 9.80 Å². The molecule has 31 heavy (non-hydrogen) atoms. The van der Waals surface area contributed by atoms with E-state index in [1.165, 1.54) is 6.07 Å². The van der Waals surface area contributed by atoms with Crippen LogP contribution in [0.25, 0.3) is 0 Å². The van der Waals surface area contributed by atoms with Crippen molar-refractivity contribution in [2.75, 3.05) is 44.2 Å². The van der Waals surface area contributed by atoms with Crippen molar-refractivity contribution in [3.8, 4) is 0 Å². The van der Waals surface area contributed by atoms with Crippen LogP contribution in [0.1, 0.15) is 44.6 Å². The van der Waals surface area contributed by atoms with E-state index in [9.17, 15) is 23.1 Å². The maximum Gasteiger partial charge on any atom is 0.416 e. The largest absolute Gasteiger partial charge is 0.416 e. The Balaban J connectivity index is 1.31. The van der Waals surface area contributed by atoms with Crippen LogP contribution in [0.15, 0.2) is 24.3 Å². The fourth-order valence-corrected chi connectivity index (χ4v) is 4.99. The second kappa shape index (κ2) is 8.62. The van der Waals surface area contributed by atoms with Gasteiger partial charge in [-0.2, -0.15) is 13.2 Å². The number of benzene rings is 1. The molecule has 172 valence electrons. The molecule has 3 aliphatic rings. The lowest BCUT2D eigenvalue weighted by Gasteiger charge is -2.37. The van der Waals surface area contributed by atoms with E-state index in [0.29, 0.717) is 38.3 Å². The fraction of sp³-hybridized carbons (Fsp3) is 0.696. The molecule has 1 amide bonds. The second-order valence-electron chi connectivity index (χ2n) is 9.44. The summed E-state index contributed by atoms with van der Waals surface area (Å²) in [6.45, 7) is 6.04. The number of hydrogen-bond acceptors (Lipinski definition) is 4. The van der Waals surface area contributed by atoms with Crippen LogP contribution >= 0.6 is 0 Å². The monoisotopic (exact) mass is 439 g/mol. The number of alkyl halides is 3. The summed E-state index contributed by atoms with van der Waals surface area (Å²) in [6.07, 6.45) is -0.152. The Morgan fingerprint density at radius 3 is 2.61 bits per heavy atom. The van der Waals surface area contributed by atoms with Gasteiger partial charge in [-0.25, -0.2) is 0 Å². The van der Waals surface area contributed by atoms with Gasteiger partial charge in [-0.15, -0.1) is 0 Å². The first-order valence-electron chi connectivity index (χ1n) is 11.3. The standard InChI is InChI=1S/C23H32F3N3O2/c1-17(5-10-27-12-9-22(7-8-22)20(30)16-27)29-14-13-28(11-6-21(29)31)19-4-2-3-18(15-19)23(24,25)26/h2-4,15,17,20,30H,5-14,16H2,1H3. The number of aliphatic hydroxyl groups excluding tert-OH is 1. The summed E-state index contributed by atoms with van der Waals surface area (Å²) < 4.78 is 39.2. The smallest absolute Gasteiger partial charge is 0.391 e. The number of piperidine rings is 1. The van der Waals surface area contributed by atoms with Gasteiger partial charge < -0.3 is 19.8 Å². The van der Waals surface area contributed by atoms with Crippen molar-refractivity contribution in [3.05, 3.63) is 29.8 Å². The minimum Gasteiger partial charge on any atom is -0.391 e. The summed E-state index contributed by atoms with van der Waals surface area (Å²) in [7, 11) is 0. The molecule has 1 aromatic rings. The first-order chi connectivity index (χ1) is 14.7. The van der Waals surface area contributed by atoms with Crippen LogP contribution in [0.3, 0.4) is 0 Å². The van der Waals surface area contributed by atoms with Gasteiger partial charge in [0.2, 0.25) is 5.91 Å². The molecule has 0 aromatic heterocycles. The third kappa shape index (κ3) is 5.00. The van der Waals surface area contributed by atoms with Gasteiger partial charge in [-0.1, -0.05) is 6.07 Å². The van der Waals surface area contributed by atoms with Gasteiger partial charge in [-0.3, -0.25) is 4.79 Å². The lowest BCUT2D eigenvalue weighted by atomic mass is 9.90. The third-order valence-electron chi connectivity index (χ3n) is 7.42. The summed E-state index contributed by atoms with van der Waals surface area (Å²) in [5.74, 6) is 0.0533. The predicted molar refractivity (Wildman–Crippen MR) is 113 cm³/mol. The predicted octanol–water partition coefficient (Wildman–Crippen LogP) is 3.37. The second-order valence-corrected chi connectivity index (χ2v) is 9.44. The van der Waals surface area contributed by atoms with E-state index in [-0.39, 0.29) is 23.5 Å². The van der Waals surface area contributed by atoms with E-state index >= 15 is 0 Å². The Labute approximate surface area is 181 Å². The number of nitrogens with zero attached hydrogens (tertiary/aromatic N) is 3. The number of halogens is 3. The normalized spacial score (nSPS) is 25.6. The van der Waals surface area contributed by atoms with Gasteiger partial charge >= 0.3 is 6.18 Å². The van der Waals surface area contributed by atoms with E-state index in [0.717, 1.165) is 50.9 Å². The zero-order valence-corrected chi connectivity index (χ0v) is 18.1. The lowest BCUT2D eigenvalue weighted by molar-refractivity contribution is -0.137. The molecule has 8 heteroatoms. The first kappa shape index (κ1) is 22.4. The molecular formula is C23H32F3N3O2. The lowest BCUT2D eigenvalue weighted by Crippen LogP contribution is -2.47. The summed E-state index contributed by atoms with van der Waals surface area (Å²) in [5.41, 5.74) is 0.0337. The van der Waals surface area contributed by atoms with Crippen LogP contribution in [0.5, 0.6) is 0 Å². The summed E-state index contributed by atoms with van der Waals surface area (Å²) >= 11 is 0. The molecule has 3 fully saturated rings. The van der Waals surface area contributed by atoms with E-state index in [1.807, 2.05) is 16.7 Å². The molecule has 2 saturated heterocycles. The minimum atomic E-state index is -4.38. The van der Waals surface area contributed by atoms with Crippen LogP contribution in [0, 0.1) is 5.41 Å². The number of aliphatic hydroxyl groups is 1. The maximum atomic E-state index is 13.1.